The van der Waals surface area contributed by atoms with Crippen LogP contribution in [0, 0.1) is 0 Å². The molecule has 0 aromatic carbocycles. The molecule has 0 radical (unpaired) electrons. The van der Waals surface area contributed by atoms with Crippen molar-refractivity contribution >= 4 is 5.91 Å². The van der Waals surface area contributed by atoms with Gasteiger partial charge in [-0.2, -0.15) is 0 Å². The Labute approximate surface area is 96.6 Å². The molecule has 2 unspecified atom stereocenters. The third-order valence-corrected chi connectivity index (χ3v) is 2.87. The van der Waals surface area contributed by atoms with E-state index in [1.165, 1.54) is 0 Å². The standard InChI is InChI=1S/C11H22N2O3/c1-16-8-7-13-11(15)5-6-12-9-3-2-4-10(9)14/h9-10,12,14H,2-8H2,1H3,(H,13,15). The van der Waals surface area contributed by atoms with Crippen LogP contribution in [0.2, 0.25) is 0 Å². The topological polar surface area (TPSA) is 70.6 Å². The zero-order valence-corrected chi connectivity index (χ0v) is 9.87. The summed E-state index contributed by atoms with van der Waals surface area (Å²) < 4.78 is 4.83. The van der Waals surface area contributed by atoms with Gasteiger partial charge in [-0.3, -0.25) is 4.79 Å². The lowest BCUT2D eigenvalue weighted by molar-refractivity contribution is -0.121. The molecule has 3 N–H and O–H groups in total. The highest BCUT2D eigenvalue weighted by molar-refractivity contribution is 5.76. The molecule has 1 amide bonds. The Morgan fingerprint density at radius 1 is 1.44 bits per heavy atom. The minimum atomic E-state index is -0.239. The van der Waals surface area contributed by atoms with Crippen molar-refractivity contribution in [2.24, 2.45) is 0 Å². The van der Waals surface area contributed by atoms with Gasteiger partial charge in [0.15, 0.2) is 0 Å². The van der Waals surface area contributed by atoms with Crippen LogP contribution in [0.4, 0.5) is 0 Å². The van der Waals surface area contributed by atoms with Crippen molar-refractivity contribution in [2.45, 2.75) is 37.8 Å². The van der Waals surface area contributed by atoms with Crippen LogP contribution in [-0.2, 0) is 9.53 Å². The van der Waals surface area contributed by atoms with Gasteiger partial charge in [-0.15, -0.1) is 0 Å². The number of rotatable bonds is 7. The smallest absolute Gasteiger partial charge is 0.221 e. The number of methoxy groups -OCH3 is 1. The van der Waals surface area contributed by atoms with E-state index in [4.69, 9.17) is 4.74 Å². The number of carbonyl (C=O) groups is 1. The van der Waals surface area contributed by atoms with Gasteiger partial charge in [-0.05, 0) is 19.3 Å². The summed E-state index contributed by atoms with van der Waals surface area (Å²) in [5.74, 6) is 0.0250. The second-order valence-electron chi connectivity index (χ2n) is 4.15. The number of amides is 1. The zero-order chi connectivity index (χ0) is 11.8. The third-order valence-electron chi connectivity index (χ3n) is 2.87. The molecule has 0 heterocycles. The van der Waals surface area contributed by atoms with E-state index in [1.54, 1.807) is 7.11 Å². The number of ether oxygens (including phenoxy) is 1. The molecule has 5 heteroatoms. The molecule has 0 aliphatic heterocycles. The first-order valence-corrected chi connectivity index (χ1v) is 5.91. The van der Waals surface area contributed by atoms with E-state index in [-0.39, 0.29) is 18.1 Å². The molecule has 0 saturated heterocycles. The second-order valence-corrected chi connectivity index (χ2v) is 4.15. The molecular formula is C11H22N2O3. The average molecular weight is 230 g/mol. The van der Waals surface area contributed by atoms with Crippen LogP contribution in [0.25, 0.3) is 0 Å². The van der Waals surface area contributed by atoms with E-state index in [9.17, 15) is 9.90 Å². The van der Waals surface area contributed by atoms with Crippen LogP contribution >= 0.6 is 0 Å². The molecule has 0 aromatic heterocycles. The van der Waals surface area contributed by atoms with Gasteiger partial charge in [0.05, 0.1) is 12.7 Å². The number of nitrogens with one attached hydrogen (secondary N) is 2. The van der Waals surface area contributed by atoms with Gasteiger partial charge >= 0.3 is 0 Å². The van der Waals surface area contributed by atoms with E-state index < -0.39 is 0 Å². The molecular weight excluding hydrogens is 208 g/mol. The Morgan fingerprint density at radius 3 is 2.88 bits per heavy atom. The first-order valence-electron chi connectivity index (χ1n) is 5.91. The molecule has 1 aliphatic carbocycles. The maximum absolute atomic E-state index is 11.3. The molecule has 0 aromatic rings. The highest BCUT2D eigenvalue weighted by Crippen LogP contribution is 2.18. The second kappa shape index (κ2) is 7.60. The summed E-state index contributed by atoms with van der Waals surface area (Å²) >= 11 is 0. The predicted octanol–water partition coefficient (Wildman–Crippen LogP) is -0.358. The third kappa shape index (κ3) is 4.92. The lowest BCUT2D eigenvalue weighted by atomic mass is 10.2. The number of aliphatic hydroxyl groups is 1. The first kappa shape index (κ1) is 13.4. The van der Waals surface area contributed by atoms with Gasteiger partial charge in [0.1, 0.15) is 0 Å². The van der Waals surface area contributed by atoms with Crippen LogP contribution in [-0.4, -0.2) is 50.0 Å². The summed E-state index contributed by atoms with van der Waals surface area (Å²) in [7, 11) is 1.61. The Morgan fingerprint density at radius 2 is 2.25 bits per heavy atom. The molecule has 94 valence electrons. The molecule has 1 saturated carbocycles. The molecule has 16 heavy (non-hydrogen) atoms. The first-order chi connectivity index (χ1) is 7.74. The van der Waals surface area contributed by atoms with Gasteiger partial charge < -0.3 is 20.5 Å². The monoisotopic (exact) mass is 230 g/mol. The number of hydrogen-bond donors (Lipinski definition) is 3. The van der Waals surface area contributed by atoms with E-state index in [0.717, 1.165) is 19.3 Å². The van der Waals surface area contributed by atoms with Crippen molar-refractivity contribution in [3.63, 3.8) is 0 Å². The van der Waals surface area contributed by atoms with Crippen molar-refractivity contribution in [2.75, 3.05) is 26.8 Å². The highest BCUT2D eigenvalue weighted by atomic mass is 16.5. The van der Waals surface area contributed by atoms with Gasteiger partial charge in [0, 0.05) is 32.7 Å². The maximum atomic E-state index is 11.3. The van der Waals surface area contributed by atoms with E-state index >= 15 is 0 Å². The molecule has 0 bridgehead atoms. The molecule has 1 rings (SSSR count). The molecule has 0 spiro atoms. The summed E-state index contributed by atoms with van der Waals surface area (Å²) in [5, 5.41) is 15.5. The summed E-state index contributed by atoms with van der Waals surface area (Å²) in [6, 6.07) is 0.173. The van der Waals surface area contributed by atoms with Gasteiger partial charge in [-0.1, -0.05) is 0 Å². The molecule has 2 atom stereocenters. The van der Waals surface area contributed by atoms with Crippen molar-refractivity contribution in [3.8, 4) is 0 Å². The van der Waals surface area contributed by atoms with Crippen molar-refractivity contribution in [3.05, 3.63) is 0 Å². The SMILES string of the molecule is COCCNC(=O)CCNC1CCCC1O. The lowest BCUT2D eigenvalue weighted by Crippen LogP contribution is -2.38. The Kier molecular flexibility index (Phi) is 6.37. The average Bonchev–Trinajstić information content (AvgIpc) is 2.65. The summed E-state index contributed by atoms with van der Waals surface area (Å²) in [4.78, 5) is 11.3. The van der Waals surface area contributed by atoms with Crippen molar-refractivity contribution in [1.29, 1.82) is 0 Å². The summed E-state index contributed by atoms with van der Waals surface area (Å²) in [5.41, 5.74) is 0. The van der Waals surface area contributed by atoms with Crippen molar-refractivity contribution < 1.29 is 14.6 Å². The summed E-state index contributed by atoms with van der Waals surface area (Å²) in [6.45, 7) is 1.72. The number of hydrogen-bond acceptors (Lipinski definition) is 4. The van der Waals surface area contributed by atoms with Crippen molar-refractivity contribution in [1.82, 2.24) is 10.6 Å². The van der Waals surface area contributed by atoms with Gasteiger partial charge in [-0.25, -0.2) is 0 Å². The highest BCUT2D eigenvalue weighted by Gasteiger charge is 2.24. The van der Waals surface area contributed by atoms with Crippen LogP contribution in [0.5, 0.6) is 0 Å². The maximum Gasteiger partial charge on any atom is 0.221 e. The molecule has 1 aliphatic rings. The van der Waals surface area contributed by atoms with Crippen LogP contribution in [0.1, 0.15) is 25.7 Å². The zero-order valence-electron chi connectivity index (χ0n) is 9.87. The molecule has 1 fully saturated rings. The minimum absolute atomic E-state index is 0.0250. The Balaban J connectivity index is 1.99. The largest absolute Gasteiger partial charge is 0.392 e. The summed E-state index contributed by atoms with van der Waals surface area (Å²) in [6.07, 6.45) is 3.16. The predicted molar refractivity (Wildman–Crippen MR) is 61.2 cm³/mol. The molecule has 5 nitrogen and oxygen atoms in total. The van der Waals surface area contributed by atoms with Gasteiger partial charge in [0.25, 0.3) is 0 Å². The quantitative estimate of drug-likeness (QED) is 0.522. The van der Waals surface area contributed by atoms with E-state index in [2.05, 4.69) is 10.6 Å². The van der Waals surface area contributed by atoms with E-state index in [1.807, 2.05) is 0 Å². The number of carbonyl (C=O) groups excluding carboxylic acids is 1. The van der Waals surface area contributed by atoms with E-state index in [0.29, 0.717) is 26.1 Å². The fourth-order valence-corrected chi connectivity index (χ4v) is 1.93. The van der Waals surface area contributed by atoms with Crippen LogP contribution in [0.15, 0.2) is 0 Å². The lowest BCUT2D eigenvalue weighted by Gasteiger charge is -2.15. The number of aliphatic hydroxyl groups excluding tert-OH is 1. The Bertz CT molecular complexity index is 211. The normalized spacial score (nSPS) is 24.6. The fraction of sp³-hybridized carbons (Fsp3) is 0.909. The van der Waals surface area contributed by atoms with Crippen LogP contribution in [0.3, 0.4) is 0 Å². The Hall–Kier alpha value is -0.650. The van der Waals surface area contributed by atoms with Crippen LogP contribution < -0.4 is 10.6 Å². The minimum Gasteiger partial charge on any atom is -0.392 e. The fourth-order valence-electron chi connectivity index (χ4n) is 1.93. The van der Waals surface area contributed by atoms with Gasteiger partial charge in [0.2, 0.25) is 5.91 Å².